The highest BCUT2D eigenvalue weighted by atomic mass is 32.2. The third kappa shape index (κ3) is 2.94. The monoisotopic (exact) mass is 342 g/mol. The van der Waals surface area contributed by atoms with E-state index in [-0.39, 0.29) is 9.79 Å². The molecule has 0 unspecified atom stereocenters. The Hall–Kier alpha value is -2.90. The first-order chi connectivity index (χ1) is 11.5. The highest BCUT2D eigenvalue weighted by Gasteiger charge is 2.21. The third-order valence-corrected chi connectivity index (χ3v) is 5.36. The summed E-state index contributed by atoms with van der Waals surface area (Å²) in [5.41, 5.74) is 2.83. The van der Waals surface area contributed by atoms with E-state index in [0.717, 1.165) is 0 Å². The molecule has 6 nitrogen and oxygen atoms in total. The first kappa shape index (κ1) is 16.0. The number of H-pyrrole nitrogens is 1. The molecular weight excluding hydrogens is 328 g/mol. The second kappa shape index (κ2) is 6.31. The number of hydroxylamine groups is 1. The molecule has 0 aliphatic heterocycles. The number of benzene rings is 2. The van der Waals surface area contributed by atoms with Gasteiger partial charge in [-0.3, -0.25) is 10.0 Å². The Balaban J connectivity index is 2.03. The van der Waals surface area contributed by atoms with Gasteiger partial charge in [0.15, 0.2) is 0 Å². The number of aromatic amines is 1. The highest BCUT2D eigenvalue weighted by molar-refractivity contribution is 7.91. The summed E-state index contributed by atoms with van der Waals surface area (Å²) >= 11 is 0. The van der Waals surface area contributed by atoms with Crippen molar-refractivity contribution in [1.82, 2.24) is 10.5 Å². The number of carbonyl (C=O) groups excluding carboxylic acids is 1. The number of nitrogens with one attached hydrogen (secondary N) is 2. The fourth-order valence-corrected chi connectivity index (χ4v) is 3.83. The maximum Gasteiger partial charge on any atom is 0.267 e. The van der Waals surface area contributed by atoms with Gasteiger partial charge in [0.25, 0.3) is 5.91 Å². The van der Waals surface area contributed by atoms with Gasteiger partial charge in [0.05, 0.1) is 9.79 Å². The van der Waals surface area contributed by atoms with E-state index in [0.29, 0.717) is 16.5 Å². The molecule has 0 atom stereocenters. The van der Waals surface area contributed by atoms with Crippen molar-refractivity contribution in [1.29, 1.82) is 0 Å². The van der Waals surface area contributed by atoms with Gasteiger partial charge in [-0.15, -0.1) is 0 Å². The van der Waals surface area contributed by atoms with Gasteiger partial charge in [0.1, 0.15) is 0 Å². The Morgan fingerprint density at radius 3 is 2.58 bits per heavy atom. The topological polar surface area (TPSA) is 99.3 Å². The van der Waals surface area contributed by atoms with Gasteiger partial charge < -0.3 is 4.98 Å². The van der Waals surface area contributed by atoms with E-state index in [2.05, 4.69) is 4.98 Å². The maximum absolute atomic E-state index is 12.7. The van der Waals surface area contributed by atoms with Crippen LogP contribution in [0.3, 0.4) is 0 Å². The summed E-state index contributed by atoms with van der Waals surface area (Å²) in [6.07, 6.45) is 4.14. The first-order valence-corrected chi connectivity index (χ1v) is 8.54. The molecule has 3 N–H and O–H groups in total. The molecular formula is C17H14N2O4S. The minimum atomic E-state index is -3.61. The van der Waals surface area contributed by atoms with E-state index in [1.54, 1.807) is 48.5 Å². The van der Waals surface area contributed by atoms with Crippen molar-refractivity contribution in [2.45, 2.75) is 9.79 Å². The molecule has 0 aliphatic rings. The first-order valence-electron chi connectivity index (χ1n) is 7.06. The smallest absolute Gasteiger partial charge is 0.267 e. The fourth-order valence-electron chi connectivity index (χ4n) is 2.38. The van der Waals surface area contributed by atoms with E-state index >= 15 is 0 Å². The van der Waals surface area contributed by atoms with Crippen LogP contribution in [0.2, 0.25) is 0 Å². The molecule has 122 valence electrons. The molecule has 0 radical (unpaired) electrons. The summed E-state index contributed by atoms with van der Waals surface area (Å²) in [6.45, 7) is 0. The lowest BCUT2D eigenvalue weighted by Crippen LogP contribution is -2.14. The summed E-state index contributed by atoms with van der Waals surface area (Å²) in [6, 6.07) is 13.3. The molecule has 0 saturated carbocycles. The van der Waals surface area contributed by atoms with Gasteiger partial charge in [-0.05, 0) is 29.8 Å². The zero-order chi connectivity index (χ0) is 17.2. The molecule has 2 aromatic carbocycles. The van der Waals surface area contributed by atoms with Crippen molar-refractivity contribution in [3.8, 4) is 0 Å². The van der Waals surface area contributed by atoms with Gasteiger partial charge in [-0.2, -0.15) is 0 Å². The van der Waals surface area contributed by atoms with Crippen LogP contribution in [0, 0.1) is 0 Å². The van der Waals surface area contributed by atoms with E-state index in [4.69, 9.17) is 5.21 Å². The SMILES string of the molecule is O=C(/C=C/c1ccc2c(S(=O)(=O)c3ccccc3)c[nH]c2c1)NO. The molecule has 0 fully saturated rings. The molecule has 0 bridgehead atoms. The predicted molar refractivity (Wildman–Crippen MR) is 89.2 cm³/mol. The quantitative estimate of drug-likeness (QED) is 0.385. The Bertz CT molecular complexity index is 1020. The van der Waals surface area contributed by atoms with Crippen LogP contribution in [-0.4, -0.2) is 24.5 Å². The molecule has 3 rings (SSSR count). The van der Waals surface area contributed by atoms with Crippen LogP contribution >= 0.6 is 0 Å². The fraction of sp³-hybridized carbons (Fsp3) is 0. The minimum Gasteiger partial charge on any atom is -0.360 e. The Kier molecular flexibility index (Phi) is 4.20. The Morgan fingerprint density at radius 2 is 1.88 bits per heavy atom. The van der Waals surface area contributed by atoms with Crippen molar-refractivity contribution in [2.24, 2.45) is 0 Å². The second-order valence-corrected chi connectivity index (χ2v) is 7.00. The lowest BCUT2D eigenvalue weighted by Gasteiger charge is -2.03. The molecule has 0 spiro atoms. The zero-order valence-corrected chi connectivity index (χ0v) is 13.2. The van der Waals surface area contributed by atoms with Crippen molar-refractivity contribution < 1.29 is 18.4 Å². The average molecular weight is 342 g/mol. The molecule has 1 heterocycles. The number of rotatable bonds is 4. The summed E-state index contributed by atoms with van der Waals surface area (Å²) in [5, 5.41) is 9.03. The zero-order valence-electron chi connectivity index (χ0n) is 12.4. The van der Waals surface area contributed by atoms with Crippen LogP contribution in [0.1, 0.15) is 5.56 Å². The molecule has 1 amide bonds. The number of sulfone groups is 1. The Morgan fingerprint density at radius 1 is 1.12 bits per heavy atom. The van der Waals surface area contributed by atoms with Crippen LogP contribution in [0.5, 0.6) is 0 Å². The van der Waals surface area contributed by atoms with Gasteiger partial charge in [0, 0.05) is 23.2 Å². The largest absolute Gasteiger partial charge is 0.360 e. The lowest BCUT2D eigenvalue weighted by molar-refractivity contribution is -0.124. The normalized spacial score (nSPS) is 11.9. The molecule has 1 aromatic heterocycles. The van der Waals surface area contributed by atoms with E-state index in [1.807, 2.05) is 0 Å². The van der Waals surface area contributed by atoms with Crippen LogP contribution in [-0.2, 0) is 14.6 Å². The van der Waals surface area contributed by atoms with Crippen LogP contribution < -0.4 is 5.48 Å². The van der Waals surface area contributed by atoms with Crippen LogP contribution in [0.4, 0.5) is 0 Å². The summed E-state index contributed by atoms with van der Waals surface area (Å²) in [4.78, 5) is 14.4. The average Bonchev–Trinajstić information content (AvgIpc) is 3.04. The summed E-state index contributed by atoms with van der Waals surface area (Å²) in [7, 11) is -3.61. The number of hydrogen-bond acceptors (Lipinski definition) is 4. The van der Waals surface area contributed by atoms with Crippen LogP contribution in [0.25, 0.3) is 17.0 Å². The number of fused-ring (bicyclic) bond motifs is 1. The minimum absolute atomic E-state index is 0.201. The molecule has 24 heavy (non-hydrogen) atoms. The lowest BCUT2D eigenvalue weighted by atomic mass is 10.1. The molecule has 3 aromatic rings. The van der Waals surface area contributed by atoms with Gasteiger partial charge in [-0.25, -0.2) is 13.9 Å². The molecule has 0 saturated heterocycles. The standard InChI is InChI=1S/C17H14N2O4S/c20-17(19-21)9-7-12-6-8-14-15(10-12)18-11-16(14)24(22,23)13-4-2-1-3-5-13/h1-11,18,21H,(H,19,20)/b9-7+. The number of aromatic nitrogens is 1. The highest BCUT2D eigenvalue weighted by Crippen LogP contribution is 2.28. The molecule has 7 heteroatoms. The summed E-state index contributed by atoms with van der Waals surface area (Å²) < 4.78 is 25.5. The number of carbonyl (C=O) groups is 1. The van der Waals surface area contributed by atoms with E-state index in [1.165, 1.54) is 23.8 Å². The van der Waals surface area contributed by atoms with Gasteiger partial charge in [0.2, 0.25) is 9.84 Å². The van der Waals surface area contributed by atoms with E-state index < -0.39 is 15.7 Å². The molecule has 0 aliphatic carbocycles. The second-order valence-electron chi connectivity index (χ2n) is 5.08. The van der Waals surface area contributed by atoms with Crippen molar-refractivity contribution in [3.05, 3.63) is 66.4 Å². The maximum atomic E-state index is 12.7. The van der Waals surface area contributed by atoms with Crippen LogP contribution in [0.15, 0.2) is 70.6 Å². The van der Waals surface area contributed by atoms with Crippen molar-refractivity contribution in [3.63, 3.8) is 0 Å². The number of hydrogen-bond donors (Lipinski definition) is 3. The third-order valence-electron chi connectivity index (χ3n) is 3.55. The van der Waals surface area contributed by atoms with Crippen molar-refractivity contribution >= 4 is 32.7 Å². The van der Waals surface area contributed by atoms with Crippen molar-refractivity contribution in [2.75, 3.05) is 0 Å². The van der Waals surface area contributed by atoms with Gasteiger partial charge in [-0.1, -0.05) is 30.3 Å². The summed E-state index contributed by atoms with van der Waals surface area (Å²) in [5.74, 6) is -0.645. The van der Waals surface area contributed by atoms with E-state index in [9.17, 15) is 13.2 Å². The van der Waals surface area contributed by atoms with Gasteiger partial charge >= 0.3 is 0 Å². The number of amides is 1. The Labute approximate surface area is 138 Å². The predicted octanol–water partition coefficient (Wildman–Crippen LogP) is 2.52.